The molecular weight excluding hydrogens is 233 g/mol. The van der Waals surface area contributed by atoms with Crippen molar-refractivity contribution in [2.45, 2.75) is 26.3 Å². The zero-order valence-electron chi connectivity index (χ0n) is 10.5. The zero-order chi connectivity index (χ0) is 13.0. The molecule has 0 aliphatic rings. The highest BCUT2D eigenvalue weighted by Gasteiger charge is 2.08. The van der Waals surface area contributed by atoms with Gasteiger partial charge in [0.25, 0.3) is 0 Å². The summed E-state index contributed by atoms with van der Waals surface area (Å²) in [5.74, 6) is 0.806. The van der Waals surface area contributed by atoms with Gasteiger partial charge in [-0.25, -0.2) is 4.39 Å². The van der Waals surface area contributed by atoms with E-state index in [0.29, 0.717) is 24.2 Å². The summed E-state index contributed by atoms with van der Waals surface area (Å²) in [7, 11) is 0. The van der Waals surface area contributed by atoms with Crippen molar-refractivity contribution in [1.29, 1.82) is 0 Å². The van der Waals surface area contributed by atoms with E-state index in [-0.39, 0.29) is 5.82 Å². The predicted octanol–water partition coefficient (Wildman–Crippen LogP) is 2.42. The van der Waals surface area contributed by atoms with Gasteiger partial charge in [0.05, 0.1) is 0 Å². The maximum Gasteiger partial charge on any atom is 0.228 e. The van der Waals surface area contributed by atoms with Gasteiger partial charge in [-0.1, -0.05) is 19.0 Å². The predicted molar refractivity (Wildman–Crippen MR) is 66.5 cm³/mol. The van der Waals surface area contributed by atoms with Crippen LogP contribution in [-0.4, -0.2) is 22.7 Å². The van der Waals surface area contributed by atoms with Crippen molar-refractivity contribution in [3.8, 4) is 11.4 Å². The molecule has 1 aromatic carbocycles. The lowest BCUT2D eigenvalue weighted by Crippen LogP contribution is -2.25. The Balaban J connectivity index is 1.99. The molecule has 1 heterocycles. The van der Waals surface area contributed by atoms with Crippen LogP contribution in [-0.2, 0) is 6.42 Å². The molecule has 18 heavy (non-hydrogen) atoms. The van der Waals surface area contributed by atoms with Crippen molar-refractivity contribution in [3.63, 3.8) is 0 Å². The lowest BCUT2D eigenvalue weighted by atomic mass is 10.2. The Kier molecular flexibility index (Phi) is 4.04. The van der Waals surface area contributed by atoms with Crippen molar-refractivity contribution >= 4 is 0 Å². The molecule has 4 nitrogen and oxygen atoms in total. The van der Waals surface area contributed by atoms with Crippen LogP contribution in [0.15, 0.2) is 28.8 Å². The van der Waals surface area contributed by atoms with Crippen LogP contribution in [0.3, 0.4) is 0 Å². The molecule has 0 radical (unpaired) electrons. The fourth-order valence-corrected chi connectivity index (χ4v) is 1.54. The number of hydrogen-bond acceptors (Lipinski definition) is 4. The minimum Gasteiger partial charge on any atom is -0.339 e. The van der Waals surface area contributed by atoms with Crippen LogP contribution in [0.2, 0.25) is 0 Å². The van der Waals surface area contributed by atoms with E-state index >= 15 is 0 Å². The molecule has 0 fully saturated rings. The molecule has 2 aromatic rings. The molecule has 5 heteroatoms. The van der Waals surface area contributed by atoms with Gasteiger partial charge in [0.1, 0.15) is 5.82 Å². The van der Waals surface area contributed by atoms with E-state index < -0.39 is 0 Å². The van der Waals surface area contributed by atoms with Crippen LogP contribution in [0.5, 0.6) is 0 Å². The standard InChI is InChI=1S/C13H16FN3O/c1-9(2)15-8-7-12-16-13(17-18-12)10-3-5-11(14)6-4-10/h3-6,9,15H,7-8H2,1-2H3. The summed E-state index contributed by atoms with van der Waals surface area (Å²) < 4.78 is 17.9. The monoisotopic (exact) mass is 249 g/mol. The van der Waals surface area contributed by atoms with Crippen LogP contribution >= 0.6 is 0 Å². The first-order valence-corrected chi connectivity index (χ1v) is 5.97. The van der Waals surface area contributed by atoms with Gasteiger partial charge in [0, 0.05) is 24.6 Å². The quantitative estimate of drug-likeness (QED) is 0.884. The molecule has 1 N–H and O–H groups in total. The molecule has 0 unspecified atom stereocenters. The number of hydrogen-bond donors (Lipinski definition) is 1. The van der Waals surface area contributed by atoms with Crippen molar-refractivity contribution < 1.29 is 8.91 Å². The summed E-state index contributed by atoms with van der Waals surface area (Å²) in [5.41, 5.74) is 0.753. The number of benzene rings is 1. The highest BCUT2D eigenvalue weighted by atomic mass is 19.1. The SMILES string of the molecule is CC(C)NCCc1nc(-c2ccc(F)cc2)no1. The highest BCUT2D eigenvalue weighted by molar-refractivity contribution is 5.53. The van der Waals surface area contributed by atoms with Gasteiger partial charge in [-0.2, -0.15) is 4.98 Å². The zero-order valence-corrected chi connectivity index (χ0v) is 10.5. The number of aromatic nitrogens is 2. The molecule has 0 saturated heterocycles. The fourth-order valence-electron chi connectivity index (χ4n) is 1.54. The van der Waals surface area contributed by atoms with Gasteiger partial charge in [-0.05, 0) is 24.3 Å². The second kappa shape index (κ2) is 5.73. The largest absolute Gasteiger partial charge is 0.339 e. The number of rotatable bonds is 5. The highest BCUT2D eigenvalue weighted by Crippen LogP contribution is 2.16. The Bertz CT molecular complexity index is 493. The maximum atomic E-state index is 12.8. The average Bonchev–Trinajstić information content (AvgIpc) is 2.78. The Hall–Kier alpha value is -1.75. The smallest absolute Gasteiger partial charge is 0.228 e. The van der Waals surface area contributed by atoms with E-state index in [2.05, 4.69) is 29.3 Å². The third-order valence-corrected chi connectivity index (χ3v) is 2.46. The number of halogens is 1. The van der Waals surface area contributed by atoms with Crippen molar-refractivity contribution in [2.24, 2.45) is 0 Å². The summed E-state index contributed by atoms with van der Waals surface area (Å²) in [6.45, 7) is 4.96. The van der Waals surface area contributed by atoms with Gasteiger partial charge < -0.3 is 9.84 Å². The Morgan fingerprint density at radius 2 is 2.00 bits per heavy atom. The van der Waals surface area contributed by atoms with Gasteiger partial charge in [-0.3, -0.25) is 0 Å². The Labute approximate surface area is 105 Å². The number of nitrogens with one attached hydrogen (secondary N) is 1. The first-order valence-electron chi connectivity index (χ1n) is 5.97. The van der Waals surface area contributed by atoms with E-state index in [1.807, 2.05) is 0 Å². The van der Waals surface area contributed by atoms with Crippen LogP contribution in [0.25, 0.3) is 11.4 Å². The molecule has 96 valence electrons. The molecule has 0 aliphatic heterocycles. The third-order valence-electron chi connectivity index (χ3n) is 2.46. The minimum atomic E-state index is -0.274. The summed E-state index contributed by atoms with van der Waals surface area (Å²) in [4.78, 5) is 4.27. The first-order chi connectivity index (χ1) is 8.65. The molecule has 0 aliphatic carbocycles. The van der Waals surface area contributed by atoms with E-state index in [1.165, 1.54) is 12.1 Å². The topological polar surface area (TPSA) is 51.0 Å². The van der Waals surface area contributed by atoms with Crippen LogP contribution in [0.1, 0.15) is 19.7 Å². The third kappa shape index (κ3) is 3.37. The molecule has 0 amide bonds. The number of nitrogens with zero attached hydrogens (tertiary/aromatic N) is 2. The molecule has 0 spiro atoms. The van der Waals surface area contributed by atoms with Crippen molar-refractivity contribution in [2.75, 3.05) is 6.54 Å². The molecular formula is C13H16FN3O. The van der Waals surface area contributed by atoms with Gasteiger partial charge >= 0.3 is 0 Å². The molecule has 2 rings (SSSR count). The van der Waals surface area contributed by atoms with Crippen molar-refractivity contribution in [3.05, 3.63) is 36.0 Å². The van der Waals surface area contributed by atoms with E-state index in [4.69, 9.17) is 4.52 Å². The lowest BCUT2D eigenvalue weighted by molar-refractivity contribution is 0.374. The molecule has 0 atom stereocenters. The van der Waals surface area contributed by atoms with Crippen LogP contribution < -0.4 is 5.32 Å². The van der Waals surface area contributed by atoms with Crippen LogP contribution in [0.4, 0.5) is 4.39 Å². The Morgan fingerprint density at radius 1 is 1.28 bits per heavy atom. The lowest BCUT2D eigenvalue weighted by Gasteiger charge is -2.04. The second-order valence-electron chi connectivity index (χ2n) is 4.38. The molecule has 0 saturated carbocycles. The summed E-state index contributed by atoms with van der Waals surface area (Å²) in [6.07, 6.45) is 0.687. The van der Waals surface area contributed by atoms with E-state index in [0.717, 1.165) is 12.1 Å². The normalized spacial score (nSPS) is 11.1. The van der Waals surface area contributed by atoms with Gasteiger partial charge in [0.15, 0.2) is 0 Å². The second-order valence-corrected chi connectivity index (χ2v) is 4.38. The maximum absolute atomic E-state index is 12.8. The first kappa shape index (κ1) is 12.7. The average molecular weight is 249 g/mol. The summed E-state index contributed by atoms with van der Waals surface area (Å²) >= 11 is 0. The molecule has 1 aromatic heterocycles. The minimum absolute atomic E-state index is 0.274. The fraction of sp³-hybridized carbons (Fsp3) is 0.385. The van der Waals surface area contributed by atoms with Crippen molar-refractivity contribution in [1.82, 2.24) is 15.5 Å². The molecule has 0 bridgehead atoms. The summed E-state index contributed by atoms with van der Waals surface area (Å²) in [6, 6.07) is 6.47. The van der Waals surface area contributed by atoms with Gasteiger partial charge in [0.2, 0.25) is 11.7 Å². The van der Waals surface area contributed by atoms with Crippen LogP contribution in [0, 0.1) is 5.82 Å². The Morgan fingerprint density at radius 3 is 2.67 bits per heavy atom. The van der Waals surface area contributed by atoms with Gasteiger partial charge in [-0.15, -0.1) is 0 Å². The summed E-state index contributed by atoms with van der Waals surface area (Å²) in [5, 5.41) is 7.15. The van der Waals surface area contributed by atoms with E-state index in [1.54, 1.807) is 12.1 Å². The van der Waals surface area contributed by atoms with E-state index in [9.17, 15) is 4.39 Å².